The molecule has 0 aliphatic heterocycles. The summed E-state index contributed by atoms with van der Waals surface area (Å²) in [6.07, 6.45) is 0. The number of hydrogen-bond donors (Lipinski definition) is 0. The van der Waals surface area contributed by atoms with Crippen LogP contribution in [0.15, 0.2) is 43.9 Å². The fourth-order valence-electron chi connectivity index (χ4n) is 1.47. The van der Waals surface area contributed by atoms with E-state index in [0.717, 1.165) is 28.7 Å². The number of benzene rings is 1. The summed E-state index contributed by atoms with van der Waals surface area (Å²) in [7, 11) is -0.475. The Morgan fingerprint density at radius 3 is 2.43 bits per heavy atom. The molecule has 0 bridgehead atoms. The van der Waals surface area contributed by atoms with Crippen LogP contribution in [-0.4, -0.2) is 37.6 Å². The number of thiazole rings is 1. The normalized spacial score (nSPS) is 11.4. The largest absolute Gasteiger partial charge is 0.339 e. The van der Waals surface area contributed by atoms with E-state index in [9.17, 15) is 13.2 Å². The Hall–Kier alpha value is -1.38. The van der Waals surface area contributed by atoms with E-state index in [1.54, 1.807) is 38.4 Å². The molecule has 1 amide bonds. The maximum absolute atomic E-state index is 12.6. The quantitative estimate of drug-likeness (QED) is 0.802. The van der Waals surface area contributed by atoms with Gasteiger partial charge in [-0.3, -0.25) is 4.79 Å². The summed E-state index contributed by atoms with van der Waals surface area (Å²) in [6.45, 7) is 1.89. The molecule has 2 rings (SSSR count). The second-order valence-electron chi connectivity index (χ2n) is 4.52. The monoisotopic (exact) mass is 342 g/mol. The molecule has 0 N–H and O–H groups in total. The molecule has 0 aliphatic rings. The van der Waals surface area contributed by atoms with Crippen LogP contribution < -0.4 is 0 Å². The summed E-state index contributed by atoms with van der Waals surface area (Å²) in [4.78, 5) is 17.3. The molecule has 0 saturated carbocycles. The van der Waals surface area contributed by atoms with Crippen LogP contribution in [0.2, 0.25) is 0 Å². The van der Waals surface area contributed by atoms with E-state index in [2.05, 4.69) is 4.98 Å². The summed E-state index contributed by atoms with van der Waals surface area (Å²) >= 11 is 2.02. The average molecular weight is 342 g/mol. The molecule has 0 aliphatic carbocycles. The van der Waals surface area contributed by atoms with Crippen molar-refractivity contribution in [1.82, 2.24) is 9.88 Å². The number of hydrogen-bond acceptors (Lipinski definition) is 6. The first-order chi connectivity index (χ1) is 9.82. The molecule has 5 nitrogen and oxygen atoms in total. The molecule has 0 radical (unpaired) electrons. The molecule has 2 aromatic rings. The van der Waals surface area contributed by atoms with Crippen molar-refractivity contribution in [3.8, 4) is 0 Å². The predicted molar refractivity (Wildman–Crippen MR) is 83.7 cm³/mol. The zero-order valence-corrected chi connectivity index (χ0v) is 14.2. The van der Waals surface area contributed by atoms with Crippen molar-refractivity contribution in [2.24, 2.45) is 0 Å². The molecule has 1 heterocycles. The molecule has 1 aromatic heterocycles. The van der Waals surface area contributed by atoms with Crippen molar-refractivity contribution in [1.29, 1.82) is 0 Å². The van der Waals surface area contributed by atoms with Gasteiger partial charge in [0, 0.05) is 14.1 Å². The Labute approximate surface area is 131 Å². The topological polar surface area (TPSA) is 67.3 Å². The molecule has 0 spiro atoms. The van der Waals surface area contributed by atoms with Crippen LogP contribution >= 0.6 is 23.1 Å². The molecule has 1 aromatic carbocycles. The second kappa shape index (κ2) is 6.17. The van der Waals surface area contributed by atoms with Crippen LogP contribution in [0.4, 0.5) is 4.79 Å². The Bertz CT molecular complexity index is 749. The van der Waals surface area contributed by atoms with Crippen LogP contribution in [0.1, 0.15) is 5.56 Å². The smallest absolute Gasteiger partial charge is 0.286 e. The third kappa shape index (κ3) is 3.45. The van der Waals surface area contributed by atoms with E-state index in [0.29, 0.717) is 4.21 Å². The molecule has 0 saturated heterocycles. The highest BCUT2D eigenvalue weighted by atomic mass is 32.2. The second-order valence-corrected chi connectivity index (χ2v) is 8.46. The van der Waals surface area contributed by atoms with Gasteiger partial charge in [-0.05, 0) is 30.8 Å². The fourth-order valence-corrected chi connectivity index (χ4v) is 5.02. The Morgan fingerprint density at radius 1 is 1.24 bits per heavy atom. The number of thioether (sulfide) groups is 1. The van der Waals surface area contributed by atoms with Gasteiger partial charge < -0.3 is 4.90 Å². The van der Waals surface area contributed by atoms with Crippen molar-refractivity contribution in [2.75, 3.05) is 14.1 Å². The van der Waals surface area contributed by atoms with Gasteiger partial charge in [-0.15, -0.1) is 11.3 Å². The van der Waals surface area contributed by atoms with Gasteiger partial charge in [0.15, 0.2) is 5.03 Å². The van der Waals surface area contributed by atoms with Crippen LogP contribution in [0, 0.1) is 6.92 Å². The van der Waals surface area contributed by atoms with Crippen LogP contribution in [0.25, 0.3) is 0 Å². The number of sulfone groups is 1. The van der Waals surface area contributed by atoms with E-state index in [1.807, 2.05) is 6.92 Å². The molecule has 0 unspecified atom stereocenters. The van der Waals surface area contributed by atoms with Crippen molar-refractivity contribution < 1.29 is 13.2 Å². The summed E-state index contributed by atoms with van der Waals surface area (Å²) in [6, 6.07) is 6.56. The molecular weight excluding hydrogens is 328 g/mol. The number of rotatable bonds is 3. The van der Waals surface area contributed by atoms with E-state index in [4.69, 9.17) is 0 Å². The van der Waals surface area contributed by atoms with E-state index in [1.165, 1.54) is 10.4 Å². The zero-order valence-electron chi connectivity index (χ0n) is 11.7. The molecule has 0 fully saturated rings. The predicted octanol–water partition coefficient (Wildman–Crippen LogP) is 3.06. The highest BCUT2D eigenvalue weighted by Crippen LogP contribution is 2.34. The third-order valence-corrected chi connectivity index (χ3v) is 6.68. The number of aromatic nitrogens is 1. The molecule has 112 valence electrons. The lowest BCUT2D eigenvalue weighted by atomic mass is 10.2. The summed E-state index contributed by atoms with van der Waals surface area (Å²) in [5.74, 6) is 0. The lowest BCUT2D eigenvalue weighted by Crippen LogP contribution is -2.16. The average Bonchev–Trinajstić information content (AvgIpc) is 2.88. The molecule has 21 heavy (non-hydrogen) atoms. The molecule has 0 atom stereocenters. The van der Waals surface area contributed by atoms with Gasteiger partial charge in [-0.1, -0.05) is 17.7 Å². The lowest BCUT2D eigenvalue weighted by Gasteiger charge is -2.09. The third-order valence-electron chi connectivity index (χ3n) is 2.64. The first-order valence-corrected chi connectivity index (χ1v) is 9.14. The minimum atomic E-state index is -3.71. The zero-order chi connectivity index (χ0) is 15.6. The van der Waals surface area contributed by atoms with Gasteiger partial charge in [0.05, 0.1) is 10.4 Å². The minimum absolute atomic E-state index is 0.0587. The first-order valence-electron chi connectivity index (χ1n) is 5.96. The Kier molecular flexibility index (Phi) is 4.70. The number of carbonyl (C=O) groups excluding carboxylic acids is 1. The van der Waals surface area contributed by atoms with Gasteiger partial charge in [0.25, 0.3) is 5.24 Å². The maximum atomic E-state index is 12.6. The first kappa shape index (κ1) is 16.0. The van der Waals surface area contributed by atoms with E-state index in [-0.39, 0.29) is 15.2 Å². The highest BCUT2D eigenvalue weighted by molar-refractivity contribution is 8.15. The number of amides is 1. The maximum Gasteiger partial charge on any atom is 0.286 e. The lowest BCUT2D eigenvalue weighted by molar-refractivity contribution is 0.241. The van der Waals surface area contributed by atoms with Crippen molar-refractivity contribution in [2.45, 2.75) is 21.1 Å². The summed E-state index contributed by atoms with van der Waals surface area (Å²) in [5, 5.41) is -0.295. The molecular formula is C13H14N2O3S3. The SMILES string of the molecule is Cc1ccc(S(=O)(=O)c2ncsc2SC(=O)N(C)C)cc1. The summed E-state index contributed by atoms with van der Waals surface area (Å²) in [5.41, 5.74) is 2.41. The van der Waals surface area contributed by atoms with Crippen molar-refractivity contribution in [3.05, 3.63) is 35.3 Å². The fraction of sp³-hybridized carbons (Fsp3) is 0.231. The van der Waals surface area contributed by atoms with Gasteiger partial charge in [-0.25, -0.2) is 13.4 Å². The van der Waals surface area contributed by atoms with Gasteiger partial charge in [-0.2, -0.15) is 0 Å². The van der Waals surface area contributed by atoms with E-state index >= 15 is 0 Å². The summed E-state index contributed by atoms with van der Waals surface area (Å²) < 4.78 is 25.6. The van der Waals surface area contributed by atoms with Gasteiger partial charge >= 0.3 is 0 Å². The highest BCUT2D eigenvalue weighted by Gasteiger charge is 2.26. The van der Waals surface area contributed by atoms with Gasteiger partial charge in [0.2, 0.25) is 9.84 Å². The van der Waals surface area contributed by atoms with Crippen molar-refractivity contribution >= 4 is 38.2 Å². The van der Waals surface area contributed by atoms with E-state index < -0.39 is 9.84 Å². The van der Waals surface area contributed by atoms with Crippen LogP contribution in [0.3, 0.4) is 0 Å². The molecule has 8 heteroatoms. The Balaban J connectivity index is 2.40. The Morgan fingerprint density at radius 2 is 1.86 bits per heavy atom. The number of aryl methyl sites for hydroxylation is 1. The van der Waals surface area contributed by atoms with Crippen molar-refractivity contribution in [3.63, 3.8) is 0 Å². The standard InChI is InChI=1S/C13H14N2O3S3/c1-9-4-6-10(7-5-9)21(17,18)11-12(19-8-14-11)20-13(16)15(2)3/h4-8H,1-3H3. The van der Waals surface area contributed by atoms with Crippen LogP contribution in [0.5, 0.6) is 0 Å². The minimum Gasteiger partial charge on any atom is -0.339 e. The van der Waals surface area contributed by atoms with Crippen LogP contribution in [-0.2, 0) is 9.84 Å². The van der Waals surface area contributed by atoms with Gasteiger partial charge in [0.1, 0.15) is 4.21 Å². The number of carbonyl (C=O) groups is 1. The number of nitrogens with zero attached hydrogens (tertiary/aromatic N) is 2.